The summed E-state index contributed by atoms with van der Waals surface area (Å²) in [5.74, 6) is -0.638. The van der Waals surface area contributed by atoms with Gasteiger partial charge >= 0.3 is 0 Å². The van der Waals surface area contributed by atoms with E-state index in [4.69, 9.17) is 11.6 Å². The normalized spacial score (nSPS) is 11.8. The number of rotatable bonds is 6. The molecule has 3 aromatic rings. The molecule has 0 saturated heterocycles. The Hall–Kier alpha value is -2.54. The van der Waals surface area contributed by atoms with Crippen LogP contribution in [0.1, 0.15) is 10.4 Å². The lowest BCUT2D eigenvalue weighted by Crippen LogP contribution is -2.16. The highest BCUT2D eigenvalue weighted by atomic mass is 35.5. The molecular formula is C16H13ClN4O5S3. The number of hydrogen-bond donors (Lipinski definition) is 2. The SMILES string of the molecule is CS(=O)(=O)c1ccc(NS(=O)(=O)c2ccc(Cl)c(C(=O)Nc3nncs3)c2)cc1. The van der Waals surface area contributed by atoms with Gasteiger partial charge in [0.2, 0.25) is 5.13 Å². The minimum Gasteiger partial charge on any atom is -0.296 e. The van der Waals surface area contributed by atoms with Crippen LogP contribution in [0.2, 0.25) is 5.02 Å². The summed E-state index contributed by atoms with van der Waals surface area (Å²) in [7, 11) is -7.46. The topological polar surface area (TPSA) is 135 Å². The van der Waals surface area contributed by atoms with E-state index in [9.17, 15) is 21.6 Å². The maximum absolute atomic E-state index is 12.7. The van der Waals surface area contributed by atoms with E-state index in [1.165, 1.54) is 41.9 Å². The Balaban J connectivity index is 1.86. The number of sulfonamides is 1. The van der Waals surface area contributed by atoms with Crippen molar-refractivity contribution in [3.63, 3.8) is 0 Å². The van der Waals surface area contributed by atoms with E-state index in [1.54, 1.807) is 0 Å². The van der Waals surface area contributed by atoms with Gasteiger partial charge in [0.15, 0.2) is 9.84 Å². The zero-order chi connectivity index (χ0) is 21.2. The third-order valence-corrected chi connectivity index (χ3v) is 7.05. The van der Waals surface area contributed by atoms with Gasteiger partial charge in [0.25, 0.3) is 15.9 Å². The number of nitrogens with one attached hydrogen (secondary N) is 2. The summed E-state index contributed by atoms with van der Waals surface area (Å²) in [5.41, 5.74) is 1.53. The highest BCUT2D eigenvalue weighted by Crippen LogP contribution is 2.24. The molecule has 0 saturated carbocycles. The summed E-state index contributed by atoms with van der Waals surface area (Å²) in [6.45, 7) is 0. The fraction of sp³-hybridized carbons (Fsp3) is 0.0625. The Morgan fingerprint density at radius 1 is 1.03 bits per heavy atom. The molecule has 0 fully saturated rings. The Bertz CT molecular complexity index is 1260. The Labute approximate surface area is 175 Å². The smallest absolute Gasteiger partial charge is 0.261 e. The van der Waals surface area contributed by atoms with Crippen LogP contribution in [0.5, 0.6) is 0 Å². The number of nitrogens with zero attached hydrogens (tertiary/aromatic N) is 2. The molecule has 152 valence electrons. The molecule has 2 N–H and O–H groups in total. The van der Waals surface area contributed by atoms with E-state index in [0.29, 0.717) is 0 Å². The zero-order valence-corrected chi connectivity index (χ0v) is 17.9. The third-order valence-electron chi connectivity index (χ3n) is 3.61. The standard InChI is InChI=1S/C16H13ClN4O5S3/c1-28(23,24)11-4-2-10(3-5-11)21-29(25,26)12-6-7-14(17)13(8-12)15(22)19-16-20-18-9-27-16/h2-9,21H,1H3,(H,19,20,22). The molecule has 13 heteroatoms. The molecule has 9 nitrogen and oxygen atoms in total. The number of aromatic nitrogens is 2. The first-order valence-corrected chi connectivity index (χ1v) is 12.4. The number of hydrogen-bond acceptors (Lipinski definition) is 8. The predicted molar refractivity (Wildman–Crippen MR) is 110 cm³/mol. The molecule has 2 aromatic carbocycles. The molecular weight excluding hydrogens is 460 g/mol. The van der Waals surface area contributed by atoms with Crippen molar-refractivity contribution in [1.29, 1.82) is 0 Å². The first kappa shape index (κ1) is 21.2. The monoisotopic (exact) mass is 472 g/mol. The molecule has 0 aliphatic rings. The molecule has 3 rings (SSSR count). The van der Waals surface area contributed by atoms with Gasteiger partial charge in [-0.15, -0.1) is 10.2 Å². The maximum atomic E-state index is 12.7. The van der Waals surface area contributed by atoms with Gasteiger partial charge in [-0.25, -0.2) is 16.8 Å². The van der Waals surface area contributed by atoms with Gasteiger partial charge in [-0.05, 0) is 42.5 Å². The van der Waals surface area contributed by atoms with Gasteiger partial charge in [-0.3, -0.25) is 14.8 Å². The van der Waals surface area contributed by atoms with E-state index >= 15 is 0 Å². The van der Waals surface area contributed by atoms with Crippen LogP contribution in [-0.2, 0) is 19.9 Å². The Morgan fingerprint density at radius 3 is 2.28 bits per heavy atom. The van der Waals surface area contributed by atoms with E-state index < -0.39 is 25.8 Å². The second kappa shape index (κ2) is 8.06. The summed E-state index contributed by atoms with van der Waals surface area (Å²) < 4.78 is 50.7. The molecule has 1 amide bonds. The van der Waals surface area contributed by atoms with Crippen molar-refractivity contribution < 1.29 is 21.6 Å². The van der Waals surface area contributed by atoms with Crippen LogP contribution < -0.4 is 10.0 Å². The number of benzene rings is 2. The largest absolute Gasteiger partial charge is 0.296 e. The molecule has 0 unspecified atom stereocenters. The van der Waals surface area contributed by atoms with Crippen molar-refractivity contribution in [3.8, 4) is 0 Å². The summed E-state index contributed by atoms with van der Waals surface area (Å²) in [6, 6.07) is 8.90. The van der Waals surface area contributed by atoms with Crippen LogP contribution >= 0.6 is 22.9 Å². The fourth-order valence-electron chi connectivity index (χ4n) is 2.22. The average Bonchev–Trinajstić information content (AvgIpc) is 3.14. The quantitative estimate of drug-likeness (QED) is 0.562. The Morgan fingerprint density at radius 2 is 1.69 bits per heavy atom. The lowest BCUT2D eigenvalue weighted by Gasteiger charge is -2.11. The average molecular weight is 473 g/mol. The van der Waals surface area contributed by atoms with Crippen LogP contribution in [0.25, 0.3) is 0 Å². The lowest BCUT2D eigenvalue weighted by molar-refractivity contribution is 0.102. The lowest BCUT2D eigenvalue weighted by atomic mass is 10.2. The van der Waals surface area contributed by atoms with E-state index in [-0.39, 0.29) is 31.2 Å². The highest BCUT2D eigenvalue weighted by molar-refractivity contribution is 7.92. The molecule has 1 heterocycles. The number of carbonyl (C=O) groups is 1. The molecule has 0 spiro atoms. The number of amides is 1. The molecule has 0 bridgehead atoms. The minimum absolute atomic E-state index is 0.0579. The van der Waals surface area contributed by atoms with Crippen LogP contribution in [0.4, 0.5) is 10.8 Å². The molecule has 0 aliphatic heterocycles. The summed E-state index contributed by atoms with van der Waals surface area (Å²) in [4.78, 5) is 12.2. The summed E-state index contributed by atoms with van der Waals surface area (Å²) in [6.07, 6.45) is 1.05. The van der Waals surface area contributed by atoms with Crippen molar-refractivity contribution in [2.75, 3.05) is 16.3 Å². The van der Waals surface area contributed by atoms with E-state index in [1.807, 2.05) is 0 Å². The summed E-state index contributed by atoms with van der Waals surface area (Å²) in [5, 5.41) is 10.1. The van der Waals surface area contributed by atoms with E-state index in [2.05, 4.69) is 20.2 Å². The second-order valence-corrected chi connectivity index (χ2v) is 10.7. The second-order valence-electron chi connectivity index (χ2n) is 5.74. The number of halogens is 1. The number of sulfone groups is 1. The maximum Gasteiger partial charge on any atom is 0.261 e. The van der Waals surface area contributed by atoms with Crippen LogP contribution in [0.15, 0.2) is 57.8 Å². The van der Waals surface area contributed by atoms with Gasteiger partial charge in [-0.2, -0.15) is 0 Å². The minimum atomic E-state index is -4.06. The van der Waals surface area contributed by atoms with Crippen molar-refractivity contribution in [3.05, 3.63) is 58.6 Å². The molecule has 29 heavy (non-hydrogen) atoms. The van der Waals surface area contributed by atoms with Gasteiger partial charge in [0.05, 0.1) is 20.4 Å². The van der Waals surface area contributed by atoms with Crippen LogP contribution in [0, 0.1) is 0 Å². The van der Waals surface area contributed by atoms with Gasteiger partial charge in [0.1, 0.15) is 5.51 Å². The van der Waals surface area contributed by atoms with Crippen LogP contribution in [-0.4, -0.2) is 39.2 Å². The van der Waals surface area contributed by atoms with Crippen LogP contribution in [0.3, 0.4) is 0 Å². The zero-order valence-electron chi connectivity index (χ0n) is 14.7. The van der Waals surface area contributed by atoms with Crippen molar-refractivity contribution >= 4 is 59.5 Å². The van der Waals surface area contributed by atoms with Gasteiger partial charge in [0, 0.05) is 11.9 Å². The molecule has 1 aromatic heterocycles. The van der Waals surface area contributed by atoms with Gasteiger partial charge in [-0.1, -0.05) is 22.9 Å². The summed E-state index contributed by atoms with van der Waals surface area (Å²) >= 11 is 7.13. The first-order valence-electron chi connectivity index (χ1n) is 7.76. The number of carbonyl (C=O) groups excluding carboxylic acids is 1. The predicted octanol–water partition coefficient (Wildman–Crippen LogP) is 2.65. The fourth-order valence-corrected chi connectivity index (χ4v) is 4.58. The highest BCUT2D eigenvalue weighted by Gasteiger charge is 2.20. The van der Waals surface area contributed by atoms with Gasteiger partial charge < -0.3 is 0 Å². The molecule has 0 radical (unpaired) electrons. The molecule has 0 atom stereocenters. The van der Waals surface area contributed by atoms with E-state index in [0.717, 1.165) is 23.7 Å². The van der Waals surface area contributed by atoms with Crippen molar-refractivity contribution in [2.45, 2.75) is 9.79 Å². The number of anilines is 2. The first-order chi connectivity index (χ1) is 13.6. The van der Waals surface area contributed by atoms with Crippen molar-refractivity contribution in [1.82, 2.24) is 10.2 Å². The Kier molecular flexibility index (Phi) is 5.89. The molecule has 0 aliphatic carbocycles. The third kappa shape index (κ3) is 5.09. The van der Waals surface area contributed by atoms with Crippen molar-refractivity contribution in [2.24, 2.45) is 0 Å².